The Morgan fingerprint density at radius 2 is 2.15 bits per heavy atom. The number of hydrogen-bond donors (Lipinski definition) is 3. The molecule has 0 spiro atoms. The van der Waals surface area contributed by atoms with Crippen molar-refractivity contribution in [3.8, 4) is 11.8 Å². The standard InChI is InChI=1S/C15H18N2O3/c1-10-8-13(6-5-12(10)4-3-7-18)15(20)17-11(2)9-14(16)19/h5-6,8,11,18H,7,9H2,1-2H3,(H2,16,19)(H,17,20). The molecule has 1 rings (SSSR count). The van der Waals surface area contributed by atoms with Gasteiger partial charge in [-0.05, 0) is 37.6 Å². The molecule has 20 heavy (non-hydrogen) atoms. The molecule has 4 N–H and O–H groups in total. The van der Waals surface area contributed by atoms with Gasteiger partial charge >= 0.3 is 0 Å². The van der Waals surface area contributed by atoms with Crippen LogP contribution < -0.4 is 11.1 Å². The Labute approximate surface area is 118 Å². The maximum Gasteiger partial charge on any atom is 0.251 e. The highest BCUT2D eigenvalue weighted by atomic mass is 16.2. The van der Waals surface area contributed by atoms with Crippen LogP contribution in [0.15, 0.2) is 18.2 Å². The molecule has 0 aliphatic rings. The number of hydrogen-bond acceptors (Lipinski definition) is 3. The molecule has 1 atom stereocenters. The van der Waals surface area contributed by atoms with E-state index in [-0.39, 0.29) is 25.0 Å². The SMILES string of the molecule is Cc1cc(C(=O)NC(C)CC(N)=O)ccc1C#CCO. The zero-order valence-corrected chi connectivity index (χ0v) is 11.6. The molecule has 0 fully saturated rings. The average Bonchev–Trinajstić information content (AvgIpc) is 2.36. The Morgan fingerprint density at radius 3 is 2.70 bits per heavy atom. The van der Waals surface area contributed by atoms with Crippen LogP contribution in [0.5, 0.6) is 0 Å². The van der Waals surface area contributed by atoms with Gasteiger partial charge in [-0.2, -0.15) is 0 Å². The minimum absolute atomic E-state index is 0.102. The summed E-state index contributed by atoms with van der Waals surface area (Å²) < 4.78 is 0. The summed E-state index contributed by atoms with van der Waals surface area (Å²) in [5.41, 5.74) is 7.18. The predicted molar refractivity (Wildman–Crippen MR) is 75.9 cm³/mol. The summed E-state index contributed by atoms with van der Waals surface area (Å²) >= 11 is 0. The van der Waals surface area contributed by atoms with E-state index in [4.69, 9.17) is 10.8 Å². The zero-order chi connectivity index (χ0) is 15.1. The molecule has 1 unspecified atom stereocenters. The molecule has 5 heteroatoms. The molecule has 0 heterocycles. The second kappa shape index (κ2) is 7.31. The molecule has 0 radical (unpaired) electrons. The van der Waals surface area contributed by atoms with Gasteiger partial charge in [0.2, 0.25) is 5.91 Å². The van der Waals surface area contributed by atoms with Crippen LogP contribution in [0.3, 0.4) is 0 Å². The molecule has 0 bridgehead atoms. The molecule has 0 saturated carbocycles. The number of amides is 2. The minimum Gasteiger partial charge on any atom is -0.384 e. The van der Waals surface area contributed by atoms with Crippen molar-refractivity contribution in [2.24, 2.45) is 5.73 Å². The predicted octanol–water partition coefficient (Wildman–Crippen LogP) is 0.333. The van der Waals surface area contributed by atoms with Crippen molar-refractivity contribution in [1.82, 2.24) is 5.32 Å². The number of carbonyl (C=O) groups is 2. The van der Waals surface area contributed by atoms with E-state index in [9.17, 15) is 9.59 Å². The van der Waals surface area contributed by atoms with E-state index >= 15 is 0 Å². The van der Waals surface area contributed by atoms with Crippen molar-refractivity contribution < 1.29 is 14.7 Å². The van der Waals surface area contributed by atoms with Crippen molar-refractivity contribution in [1.29, 1.82) is 0 Å². The number of aliphatic hydroxyl groups excluding tert-OH is 1. The Balaban J connectivity index is 2.79. The summed E-state index contributed by atoms with van der Waals surface area (Å²) in [6.45, 7) is 3.36. The van der Waals surface area contributed by atoms with E-state index in [1.165, 1.54) is 0 Å². The number of rotatable bonds is 4. The van der Waals surface area contributed by atoms with E-state index in [1.807, 2.05) is 6.92 Å². The van der Waals surface area contributed by atoms with Crippen LogP contribution in [0.25, 0.3) is 0 Å². The van der Waals surface area contributed by atoms with E-state index < -0.39 is 5.91 Å². The summed E-state index contributed by atoms with van der Waals surface area (Å²) in [6, 6.07) is 4.79. The Kier molecular flexibility index (Phi) is 5.75. The third-order valence-electron chi connectivity index (χ3n) is 2.68. The van der Waals surface area contributed by atoms with Crippen LogP contribution in [0.4, 0.5) is 0 Å². The van der Waals surface area contributed by atoms with Gasteiger partial charge in [0.15, 0.2) is 0 Å². The van der Waals surface area contributed by atoms with Crippen molar-refractivity contribution in [3.63, 3.8) is 0 Å². The summed E-state index contributed by atoms with van der Waals surface area (Å²) in [5, 5.41) is 11.4. The second-order valence-electron chi connectivity index (χ2n) is 4.53. The first-order valence-electron chi connectivity index (χ1n) is 6.23. The highest BCUT2D eigenvalue weighted by Crippen LogP contribution is 2.10. The minimum atomic E-state index is -0.455. The molecule has 1 aromatic carbocycles. The van der Waals surface area contributed by atoms with Crippen LogP contribution in [0, 0.1) is 18.8 Å². The molecular weight excluding hydrogens is 256 g/mol. The fraction of sp³-hybridized carbons (Fsp3) is 0.333. The van der Waals surface area contributed by atoms with E-state index in [0.717, 1.165) is 11.1 Å². The normalized spacial score (nSPS) is 11.2. The Bertz CT molecular complexity index is 570. The van der Waals surface area contributed by atoms with Crippen LogP contribution in [-0.4, -0.2) is 29.6 Å². The van der Waals surface area contributed by atoms with Crippen molar-refractivity contribution in [2.45, 2.75) is 26.3 Å². The summed E-state index contributed by atoms with van der Waals surface area (Å²) in [4.78, 5) is 22.7. The van der Waals surface area contributed by atoms with Crippen LogP contribution in [0.1, 0.15) is 34.8 Å². The van der Waals surface area contributed by atoms with Crippen molar-refractivity contribution in [2.75, 3.05) is 6.61 Å². The zero-order valence-electron chi connectivity index (χ0n) is 11.6. The molecule has 0 aromatic heterocycles. The van der Waals surface area contributed by atoms with Gasteiger partial charge in [-0.3, -0.25) is 9.59 Å². The number of carbonyl (C=O) groups excluding carboxylic acids is 2. The number of nitrogens with one attached hydrogen (secondary N) is 1. The van der Waals surface area contributed by atoms with E-state index in [2.05, 4.69) is 17.2 Å². The quantitative estimate of drug-likeness (QED) is 0.691. The fourth-order valence-corrected chi connectivity index (χ4v) is 1.74. The number of benzene rings is 1. The number of aliphatic hydroxyl groups is 1. The van der Waals surface area contributed by atoms with Gasteiger partial charge in [-0.25, -0.2) is 0 Å². The van der Waals surface area contributed by atoms with Crippen LogP contribution >= 0.6 is 0 Å². The van der Waals surface area contributed by atoms with Crippen molar-refractivity contribution >= 4 is 11.8 Å². The molecule has 5 nitrogen and oxygen atoms in total. The smallest absolute Gasteiger partial charge is 0.251 e. The molecule has 2 amide bonds. The first kappa shape index (κ1) is 15.7. The lowest BCUT2D eigenvalue weighted by atomic mass is 10.0. The lowest BCUT2D eigenvalue weighted by Gasteiger charge is -2.12. The van der Waals surface area contributed by atoms with E-state index in [0.29, 0.717) is 5.56 Å². The summed E-state index contributed by atoms with van der Waals surface area (Å²) in [6.07, 6.45) is 0.102. The molecule has 1 aromatic rings. The second-order valence-corrected chi connectivity index (χ2v) is 4.53. The number of primary amides is 1. The van der Waals surface area contributed by atoms with Gasteiger partial charge in [0.1, 0.15) is 6.61 Å². The number of nitrogens with two attached hydrogens (primary N) is 1. The maximum absolute atomic E-state index is 12.0. The lowest BCUT2D eigenvalue weighted by molar-refractivity contribution is -0.118. The Morgan fingerprint density at radius 1 is 1.45 bits per heavy atom. The molecule has 0 aliphatic heterocycles. The largest absolute Gasteiger partial charge is 0.384 e. The molecule has 0 aliphatic carbocycles. The van der Waals surface area contributed by atoms with Gasteiger partial charge in [-0.15, -0.1) is 0 Å². The molecular formula is C15H18N2O3. The van der Waals surface area contributed by atoms with Gasteiger partial charge in [-0.1, -0.05) is 11.8 Å². The molecule has 106 valence electrons. The van der Waals surface area contributed by atoms with Gasteiger partial charge in [0, 0.05) is 23.6 Å². The van der Waals surface area contributed by atoms with Gasteiger partial charge in [0.05, 0.1) is 0 Å². The fourth-order valence-electron chi connectivity index (χ4n) is 1.74. The lowest BCUT2D eigenvalue weighted by Crippen LogP contribution is -2.35. The van der Waals surface area contributed by atoms with Gasteiger partial charge < -0.3 is 16.2 Å². The Hall–Kier alpha value is -2.32. The monoisotopic (exact) mass is 274 g/mol. The highest BCUT2D eigenvalue weighted by molar-refractivity contribution is 5.95. The van der Waals surface area contributed by atoms with Crippen LogP contribution in [-0.2, 0) is 4.79 Å². The van der Waals surface area contributed by atoms with Crippen molar-refractivity contribution in [3.05, 3.63) is 34.9 Å². The average molecular weight is 274 g/mol. The van der Waals surface area contributed by atoms with E-state index in [1.54, 1.807) is 25.1 Å². The highest BCUT2D eigenvalue weighted by Gasteiger charge is 2.12. The maximum atomic E-state index is 12.0. The van der Waals surface area contributed by atoms with Gasteiger partial charge in [0.25, 0.3) is 5.91 Å². The number of aryl methyl sites for hydroxylation is 1. The third kappa shape index (κ3) is 4.75. The summed E-state index contributed by atoms with van der Waals surface area (Å²) in [7, 11) is 0. The van der Waals surface area contributed by atoms with Crippen LogP contribution in [0.2, 0.25) is 0 Å². The molecule has 0 saturated heterocycles. The summed E-state index contributed by atoms with van der Waals surface area (Å²) in [5.74, 6) is 4.65. The first-order valence-corrected chi connectivity index (χ1v) is 6.23. The topological polar surface area (TPSA) is 92.4 Å². The third-order valence-corrected chi connectivity index (χ3v) is 2.68. The first-order chi connectivity index (χ1) is 9.43.